The summed E-state index contributed by atoms with van der Waals surface area (Å²) in [5.41, 5.74) is 1.80. The third-order valence-electron chi connectivity index (χ3n) is 3.62. The summed E-state index contributed by atoms with van der Waals surface area (Å²) in [4.78, 5) is 11.7. The molecule has 5 heteroatoms. The van der Waals surface area contributed by atoms with Gasteiger partial charge in [0.1, 0.15) is 17.2 Å². The number of ether oxygens (including phenoxy) is 3. The fraction of sp³-hybridized carbons (Fsp3) is 0.316. The van der Waals surface area contributed by atoms with Crippen molar-refractivity contribution in [3.8, 4) is 17.2 Å². The highest BCUT2D eigenvalue weighted by Crippen LogP contribution is 2.33. The lowest BCUT2D eigenvalue weighted by Crippen LogP contribution is -2.27. The molecule has 0 saturated heterocycles. The molecule has 1 atom stereocenters. The monoisotopic (exact) mass is 329 g/mol. The van der Waals surface area contributed by atoms with Gasteiger partial charge in [0.2, 0.25) is 5.91 Å². The standard InChI is InChI=1S/C19H23NO4/c1-5-24-15-8-6-14(7-9-15)19(20-13(2)21)17-11-10-16(22-3)12-18(17)23-4/h6-12,19H,5H2,1-4H3,(H,20,21). The van der Waals surface area contributed by atoms with Crippen LogP contribution in [0.3, 0.4) is 0 Å². The first-order chi connectivity index (χ1) is 11.6. The molecular weight excluding hydrogens is 306 g/mol. The summed E-state index contributed by atoms with van der Waals surface area (Å²) in [7, 11) is 3.20. The van der Waals surface area contributed by atoms with Crippen LogP contribution in [0.25, 0.3) is 0 Å². The van der Waals surface area contributed by atoms with E-state index < -0.39 is 0 Å². The predicted molar refractivity (Wildman–Crippen MR) is 92.8 cm³/mol. The van der Waals surface area contributed by atoms with Gasteiger partial charge in [0, 0.05) is 18.6 Å². The van der Waals surface area contributed by atoms with Crippen molar-refractivity contribution in [1.82, 2.24) is 5.32 Å². The first-order valence-corrected chi connectivity index (χ1v) is 7.80. The number of amides is 1. The van der Waals surface area contributed by atoms with Gasteiger partial charge in [-0.05, 0) is 36.8 Å². The van der Waals surface area contributed by atoms with Gasteiger partial charge in [-0.25, -0.2) is 0 Å². The Morgan fingerprint density at radius 2 is 1.71 bits per heavy atom. The van der Waals surface area contributed by atoms with Crippen molar-refractivity contribution in [2.24, 2.45) is 0 Å². The molecule has 0 fully saturated rings. The first-order valence-electron chi connectivity index (χ1n) is 7.80. The average Bonchev–Trinajstić information content (AvgIpc) is 2.60. The Bertz CT molecular complexity index is 682. The lowest BCUT2D eigenvalue weighted by atomic mass is 9.97. The van der Waals surface area contributed by atoms with Gasteiger partial charge in [-0.3, -0.25) is 4.79 Å². The minimum absolute atomic E-state index is 0.119. The minimum atomic E-state index is -0.320. The molecule has 0 aliphatic heterocycles. The second kappa shape index (κ2) is 8.24. The van der Waals surface area contributed by atoms with Gasteiger partial charge in [0.25, 0.3) is 0 Å². The van der Waals surface area contributed by atoms with Crippen LogP contribution in [0, 0.1) is 0 Å². The Kier molecular flexibility index (Phi) is 6.07. The molecule has 0 saturated carbocycles. The Labute approximate surface area is 142 Å². The van der Waals surface area contributed by atoms with Crippen LogP contribution in [-0.2, 0) is 4.79 Å². The van der Waals surface area contributed by atoms with Gasteiger partial charge in [-0.2, -0.15) is 0 Å². The van der Waals surface area contributed by atoms with Crippen LogP contribution in [0.5, 0.6) is 17.2 Å². The van der Waals surface area contributed by atoms with E-state index in [4.69, 9.17) is 14.2 Å². The largest absolute Gasteiger partial charge is 0.497 e. The highest BCUT2D eigenvalue weighted by atomic mass is 16.5. The van der Waals surface area contributed by atoms with Crippen LogP contribution in [-0.4, -0.2) is 26.7 Å². The zero-order chi connectivity index (χ0) is 17.5. The Balaban J connectivity index is 2.43. The number of rotatable bonds is 7. The van der Waals surface area contributed by atoms with E-state index in [9.17, 15) is 4.79 Å². The smallest absolute Gasteiger partial charge is 0.217 e. The normalized spacial score (nSPS) is 11.5. The number of carbonyl (C=O) groups excluding carboxylic acids is 1. The fourth-order valence-corrected chi connectivity index (χ4v) is 2.52. The summed E-state index contributed by atoms with van der Waals surface area (Å²) < 4.78 is 16.2. The summed E-state index contributed by atoms with van der Waals surface area (Å²) in [5, 5.41) is 2.98. The number of benzene rings is 2. The highest BCUT2D eigenvalue weighted by molar-refractivity contribution is 5.74. The number of hydrogen-bond acceptors (Lipinski definition) is 4. The molecule has 24 heavy (non-hydrogen) atoms. The number of nitrogens with one attached hydrogen (secondary N) is 1. The van der Waals surface area contributed by atoms with E-state index in [1.807, 2.05) is 43.3 Å². The zero-order valence-electron chi connectivity index (χ0n) is 14.5. The molecule has 0 heterocycles. The van der Waals surface area contributed by atoms with Gasteiger partial charge in [-0.15, -0.1) is 0 Å². The molecule has 2 aromatic carbocycles. The lowest BCUT2D eigenvalue weighted by Gasteiger charge is -2.22. The zero-order valence-corrected chi connectivity index (χ0v) is 14.5. The summed E-state index contributed by atoms with van der Waals surface area (Å²) >= 11 is 0. The predicted octanol–water partition coefficient (Wildman–Crippen LogP) is 3.33. The van der Waals surface area contributed by atoms with Gasteiger partial charge in [0.05, 0.1) is 26.9 Å². The van der Waals surface area contributed by atoms with Crippen LogP contribution < -0.4 is 19.5 Å². The van der Waals surface area contributed by atoms with Gasteiger partial charge >= 0.3 is 0 Å². The molecule has 0 aromatic heterocycles. The van der Waals surface area contributed by atoms with Crippen molar-refractivity contribution >= 4 is 5.91 Å². The third kappa shape index (κ3) is 4.19. The van der Waals surface area contributed by atoms with Gasteiger partial charge in [0.15, 0.2) is 0 Å². The molecular formula is C19H23NO4. The van der Waals surface area contributed by atoms with Crippen LogP contribution in [0.2, 0.25) is 0 Å². The third-order valence-corrected chi connectivity index (χ3v) is 3.62. The molecule has 2 aromatic rings. The summed E-state index contributed by atoms with van der Waals surface area (Å²) in [6, 6.07) is 12.9. The van der Waals surface area contributed by atoms with Crippen LogP contribution >= 0.6 is 0 Å². The lowest BCUT2D eigenvalue weighted by molar-refractivity contribution is -0.119. The summed E-state index contributed by atoms with van der Waals surface area (Å²) in [6.07, 6.45) is 0. The maximum absolute atomic E-state index is 11.7. The molecule has 1 N–H and O–H groups in total. The molecule has 1 unspecified atom stereocenters. The van der Waals surface area contributed by atoms with Crippen molar-refractivity contribution in [2.75, 3.05) is 20.8 Å². The fourth-order valence-electron chi connectivity index (χ4n) is 2.52. The molecule has 0 radical (unpaired) electrons. The van der Waals surface area contributed by atoms with Crippen molar-refractivity contribution in [3.05, 3.63) is 53.6 Å². The molecule has 0 bridgehead atoms. The first kappa shape index (κ1) is 17.7. The minimum Gasteiger partial charge on any atom is -0.497 e. The van der Waals surface area contributed by atoms with E-state index in [1.165, 1.54) is 6.92 Å². The van der Waals surface area contributed by atoms with Crippen LogP contribution in [0.4, 0.5) is 0 Å². The maximum atomic E-state index is 11.7. The van der Waals surface area contributed by atoms with Gasteiger partial charge in [-0.1, -0.05) is 12.1 Å². The Hall–Kier alpha value is -2.69. The molecule has 0 spiro atoms. The topological polar surface area (TPSA) is 56.8 Å². The molecule has 1 amide bonds. The SMILES string of the molecule is CCOc1ccc(C(NC(C)=O)c2ccc(OC)cc2OC)cc1. The molecule has 128 valence electrons. The number of hydrogen-bond donors (Lipinski definition) is 1. The maximum Gasteiger partial charge on any atom is 0.217 e. The molecule has 0 aliphatic carbocycles. The molecule has 2 rings (SSSR count). The summed E-state index contributed by atoms with van der Waals surface area (Å²) in [6.45, 7) is 4.05. The Morgan fingerprint density at radius 3 is 2.25 bits per heavy atom. The van der Waals surface area contributed by atoms with Crippen LogP contribution in [0.15, 0.2) is 42.5 Å². The van der Waals surface area contributed by atoms with Crippen molar-refractivity contribution in [2.45, 2.75) is 19.9 Å². The second-order valence-corrected chi connectivity index (χ2v) is 5.24. The number of carbonyl (C=O) groups is 1. The van der Waals surface area contributed by atoms with Gasteiger partial charge < -0.3 is 19.5 Å². The highest BCUT2D eigenvalue weighted by Gasteiger charge is 2.20. The van der Waals surface area contributed by atoms with E-state index >= 15 is 0 Å². The van der Waals surface area contributed by atoms with Crippen molar-refractivity contribution in [1.29, 1.82) is 0 Å². The molecule has 5 nitrogen and oxygen atoms in total. The van der Waals surface area contributed by atoms with Crippen LogP contribution in [0.1, 0.15) is 31.0 Å². The summed E-state index contributed by atoms with van der Waals surface area (Å²) in [5.74, 6) is 2.03. The van der Waals surface area contributed by atoms with Crippen molar-refractivity contribution < 1.29 is 19.0 Å². The van der Waals surface area contributed by atoms with E-state index in [1.54, 1.807) is 20.3 Å². The molecule has 0 aliphatic rings. The van der Waals surface area contributed by atoms with Crippen molar-refractivity contribution in [3.63, 3.8) is 0 Å². The van der Waals surface area contributed by atoms with E-state index in [0.717, 1.165) is 16.9 Å². The van der Waals surface area contributed by atoms with E-state index in [-0.39, 0.29) is 11.9 Å². The second-order valence-electron chi connectivity index (χ2n) is 5.24. The van der Waals surface area contributed by atoms with E-state index in [0.29, 0.717) is 18.1 Å². The average molecular weight is 329 g/mol. The number of methoxy groups -OCH3 is 2. The quantitative estimate of drug-likeness (QED) is 0.846. The van der Waals surface area contributed by atoms with E-state index in [2.05, 4.69) is 5.32 Å². The Morgan fingerprint density at radius 1 is 1.04 bits per heavy atom.